The predicted octanol–water partition coefficient (Wildman–Crippen LogP) is 10.6. The van der Waals surface area contributed by atoms with Crippen LogP contribution in [-0.4, -0.2) is 0 Å². The van der Waals surface area contributed by atoms with Crippen molar-refractivity contribution in [3.63, 3.8) is 0 Å². The maximum absolute atomic E-state index is 6.18. The van der Waals surface area contributed by atoms with Gasteiger partial charge >= 0.3 is 0 Å². The van der Waals surface area contributed by atoms with Crippen LogP contribution in [0.3, 0.4) is 0 Å². The van der Waals surface area contributed by atoms with Crippen LogP contribution in [0.2, 0.25) is 0 Å². The predicted molar refractivity (Wildman–Crippen MR) is 158 cm³/mol. The molecule has 4 aromatic carbocycles. The van der Waals surface area contributed by atoms with Crippen molar-refractivity contribution in [2.75, 3.05) is 4.90 Å². The number of unbranched alkanes of at least 4 members (excludes halogenated alkanes) is 2. The van der Waals surface area contributed by atoms with Crippen LogP contribution in [0.15, 0.2) is 101 Å². The number of nitrogens with zero attached hydrogens (tertiary/aromatic N) is 1. The van der Waals surface area contributed by atoms with Crippen molar-refractivity contribution >= 4 is 28.0 Å². The number of anilines is 3. The molecule has 0 saturated heterocycles. The van der Waals surface area contributed by atoms with Gasteiger partial charge in [-0.3, -0.25) is 0 Å². The summed E-state index contributed by atoms with van der Waals surface area (Å²) in [4.78, 5) is 2.35. The molecule has 5 aromatic rings. The summed E-state index contributed by atoms with van der Waals surface area (Å²) in [5.74, 6) is 0.902. The molecule has 0 spiro atoms. The molecule has 0 fully saturated rings. The Hall–Kier alpha value is -3.78. The van der Waals surface area contributed by atoms with Crippen LogP contribution < -0.4 is 4.90 Å². The van der Waals surface area contributed by atoms with Crippen LogP contribution in [0.5, 0.6) is 0 Å². The standard InChI is InChI=1S/C35H37NO/c1-4-6-8-27-11-18-31(19-12-27)36(32-20-13-28(14-21-32)9-7-5-2)33-22-16-29(17-23-33)35-25-30-15-10-26(3)24-34(30)37-35/h10-25H,4-9H2,1-3H3. The lowest BCUT2D eigenvalue weighted by molar-refractivity contribution is 0.631. The summed E-state index contributed by atoms with van der Waals surface area (Å²) in [7, 11) is 0. The number of fused-ring (bicyclic) bond motifs is 1. The first-order valence-electron chi connectivity index (χ1n) is 13.7. The summed E-state index contributed by atoms with van der Waals surface area (Å²) in [6.07, 6.45) is 7.16. The molecule has 0 aliphatic rings. The van der Waals surface area contributed by atoms with E-state index in [4.69, 9.17) is 4.42 Å². The number of aryl methyl sites for hydroxylation is 3. The van der Waals surface area contributed by atoms with Gasteiger partial charge in [0.15, 0.2) is 0 Å². The van der Waals surface area contributed by atoms with Crippen molar-refractivity contribution in [2.45, 2.75) is 59.3 Å². The van der Waals surface area contributed by atoms with Gasteiger partial charge in [0, 0.05) is 28.0 Å². The maximum atomic E-state index is 6.18. The fourth-order valence-electron chi connectivity index (χ4n) is 4.89. The van der Waals surface area contributed by atoms with Gasteiger partial charge in [0.25, 0.3) is 0 Å². The zero-order valence-electron chi connectivity index (χ0n) is 22.3. The van der Waals surface area contributed by atoms with Gasteiger partial charge in [0.1, 0.15) is 11.3 Å². The molecule has 37 heavy (non-hydrogen) atoms. The van der Waals surface area contributed by atoms with Crippen LogP contribution >= 0.6 is 0 Å². The molecule has 0 unspecified atom stereocenters. The number of hydrogen-bond donors (Lipinski definition) is 0. The Morgan fingerprint density at radius 2 is 1.11 bits per heavy atom. The van der Waals surface area contributed by atoms with E-state index in [1.165, 1.54) is 53.7 Å². The maximum Gasteiger partial charge on any atom is 0.135 e. The highest BCUT2D eigenvalue weighted by Crippen LogP contribution is 2.37. The highest BCUT2D eigenvalue weighted by atomic mass is 16.3. The molecule has 0 N–H and O–H groups in total. The summed E-state index contributed by atoms with van der Waals surface area (Å²) in [6, 6.07) is 35.3. The van der Waals surface area contributed by atoms with E-state index >= 15 is 0 Å². The monoisotopic (exact) mass is 487 g/mol. The van der Waals surface area contributed by atoms with E-state index in [0.717, 1.165) is 40.8 Å². The Balaban J connectivity index is 1.47. The minimum atomic E-state index is 0.902. The molecule has 1 heterocycles. The molecular weight excluding hydrogens is 450 g/mol. The molecule has 5 rings (SSSR count). The fraction of sp³-hybridized carbons (Fsp3) is 0.257. The van der Waals surface area contributed by atoms with Crippen LogP contribution in [-0.2, 0) is 12.8 Å². The Morgan fingerprint density at radius 3 is 1.62 bits per heavy atom. The van der Waals surface area contributed by atoms with Crippen molar-refractivity contribution in [2.24, 2.45) is 0 Å². The highest BCUT2D eigenvalue weighted by Gasteiger charge is 2.14. The summed E-state index contributed by atoms with van der Waals surface area (Å²) in [5.41, 5.74) is 9.52. The zero-order valence-corrected chi connectivity index (χ0v) is 22.3. The molecule has 188 valence electrons. The third-order valence-corrected chi connectivity index (χ3v) is 7.11. The molecule has 2 nitrogen and oxygen atoms in total. The Labute approximate surface area is 221 Å². The number of rotatable bonds is 10. The first-order valence-corrected chi connectivity index (χ1v) is 13.7. The summed E-state index contributed by atoms with van der Waals surface area (Å²) < 4.78 is 6.18. The Morgan fingerprint density at radius 1 is 0.595 bits per heavy atom. The third kappa shape index (κ3) is 5.80. The van der Waals surface area contributed by atoms with E-state index in [1.807, 2.05) is 0 Å². The summed E-state index contributed by atoms with van der Waals surface area (Å²) >= 11 is 0. The molecule has 0 bridgehead atoms. The lowest BCUT2D eigenvalue weighted by Gasteiger charge is -2.26. The van der Waals surface area contributed by atoms with Crippen molar-refractivity contribution in [3.05, 3.63) is 114 Å². The van der Waals surface area contributed by atoms with Crippen molar-refractivity contribution in [3.8, 4) is 11.3 Å². The van der Waals surface area contributed by atoms with Gasteiger partial charge in [-0.15, -0.1) is 0 Å². The van der Waals surface area contributed by atoms with Gasteiger partial charge in [0.2, 0.25) is 0 Å². The van der Waals surface area contributed by atoms with Crippen LogP contribution in [0, 0.1) is 6.92 Å². The third-order valence-electron chi connectivity index (χ3n) is 7.11. The van der Waals surface area contributed by atoms with Crippen molar-refractivity contribution < 1.29 is 4.42 Å². The average Bonchev–Trinajstić information content (AvgIpc) is 3.36. The molecule has 0 saturated carbocycles. The second kappa shape index (κ2) is 11.5. The normalized spacial score (nSPS) is 11.2. The smallest absolute Gasteiger partial charge is 0.135 e. The van der Waals surface area contributed by atoms with E-state index in [-0.39, 0.29) is 0 Å². The van der Waals surface area contributed by atoms with Gasteiger partial charge in [0.05, 0.1) is 0 Å². The minimum absolute atomic E-state index is 0.902. The lowest BCUT2D eigenvalue weighted by atomic mass is 10.1. The van der Waals surface area contributed by atoms with Crippen molar-refractivity contribution in [1.82, 2.24) is 0 Å². The van der Waals surface area contributed by atoms with E-state index in [1.54, 1.807) is 0 Å². The summed E-state index contributed by atoms with van der Waals surface area (Å²) in [5, 5.41) is 1.14. The van der Waals surface area contributed by atoms with Gasteiger partial charge < -0.3 is 9.32 Å². The first kappa shape index (κ1) is 24.9. The first-order chi connectivity index (χ1) is 18.1. The fourth-order valence-corrected chi connectivity index (χ4v) is 4.89. The zero-order chi connectivity index (χ0) is 25.6. The van der Waals surface area contributed by atoms with Crippen molar-refractivity contribution in [1.29, 1.82) is 0 Å². The van der Waals surface area contributed by atoms with E-state index in [2.05, 4.69) is 123 Å². The molecule has 0 atom stereocenters. The molecule has 0 aliphatic carbocycles. The molecular formula is C35H37NO. The molecule has 2 heteroatoms. The number of furan rings is 1. The topological polar surface area (TPSA) is 16.4 Å². The van der Waals surface area contributed by atoms with Crippen LogP contribution in [0.1, 0.15) is 56.2 Å². The number of benzene rings is 4. The van der Waals surface area contributed by atoms with Crippen LogP contribution in [0.4, 0.5) is 17.1 Å². The van der Waals surface area contributed by atoms with Gasteiger partial charge in [-0.25, -0.2) is 0 Å². The molecule has 0 aliphatic heterocycles. The quantitative estimate of drug-likeness (QED) is 0.195. The lowest BCUT2D eigenvalue weighted by Crippen LogP contribution is -2.10. The second-order valence-corrected chi connectivity index (χ2v) is 10.1. The van der Waals surface area contributed by atoms with E-state index < -0.39 is 0 Å². The Bertz CT molecular complexity index is 1370. The van der Waals surface area contributed by atoms with E-state index in [9.17, 15) is 0 Å². The Kier molecular flexibility index (Phi) is 7.75. The highest BCUT2D eigenvalue weighted by molar-refractivity contribution is 5.84. The minimum Gasteiger partial charge on any atom is -0.456 e. The largest absolute Gasteiger partial charge is 0.456 e. The van der Waals surface area contributed by atoms with Crippen LogP contribution in [0.25, 0.3) is 22.3 Å². The second-order valence-electron chi connectivity index (χ2n) is 10.1. The summed E-state index contributed by atoms with van der Waals surface area (Å²) in [6.45, 7) is 6.59. The van der Waals surface area contributed by atoms with Gasteiger partial charge in [-0.1, -0.05) is 63.1 Å². The van der Waals surface area contributed by atoms with Gasteiger partial charge in [-0.05, 0) is 110 Å². The number of hydrogen-bond acceptors (Lipinski definition) is 2. The molecule has 0 radical (unpaired) electrons. The van der Waals surface area contributed by atoms with E-state index in [0.29, 0.717) is 0 Å². The molecule has 1 aromatic heterocycles. The molecule has 0 amide bonds. The van der Waals surface area contributed by atoms with Gasteiger partial charge in [-0.2, -0.15) is 0 Å². The average molecular weight is 488 g/mol. The SMILES string of the molecule is CCCCc1ccc(N(c2ccc(CCCC)cc2)c2ccc(-c3cc4ccc(C)cc4o3)cc2)cc1.